The van der Waals surface area contributed by atoms with Gasteiger partial charge in [0.05, 0.1) is 19.6 Å². The van der Waals surface area contributed by atoms with Gasteiger partial charge in [-0.05, 0) is 23.3 Å². The Morgan fingerprint density at radius 1 is 0.929 bits per heavy atom. The van der Waals surface area contributed by atoms with E-state index in [1.807, 2.05) is 36.4 Å². The molecule has 142 valence electrons. The first kappa shape index (κ1) is 18.4. The highest BCUT2D eigenvalue weighted by Crippen LogP contribution is 2.45. The second-order valence-electron chi connectivity index (χ2n) is 6.36. The summed E-state index contributed by atoms with van der Waals surface area (Å²) in [5.41, 5.74) is 2.98. The van der Waals surface area contributed by atoms with Gasteiger partial charge in [-0.15, -0.1) is 0 Å². The Kier molecular flexibility index (Phi) is 4.99. The van der Waals surface area contributed by atoms with Gasteiger partial charge in [-0.25, -0.2) is 0 Å². The number of benzene rings is 3. The number of hydrogen-bond donors (Lipinski definition) is 1. The molecule has 4 aromatic rings. The van der Waals surface area contributed by atoms with E-state index in [0.29, 0.717) is 33.4 Å². The molecule has 4 rings (SSSR count). The number of rotatable bonds is 5. The SMILES string of the molecule is COc1cc(OC)c2c(-c3ccccc3)c(C(O)c3ccc(Cl)cc3)oc2c1. The summed E-state index contributed by atoms with van der Waals surface area (Å²) in [6, 6.07) is 20.5. The molecule has 0 spiro atoms. The maximum Gasteiger partial charge on any atom is 0.146 e. The number of aliphatic hydroxyl groups excluding tert-OH is 1. The van der Waals surface area contributed by atoms with Crippen molar-refractivity contribution in [3.8, 4) is 22.6 Å². The molecule has 0 bridgehead atoms. The number of methoxy groups -OCH3 is 2. The van der Waals surface area contributed by atoms with Crippen molar-refractivity contribution in [3.05, 3.63) is 83.1 Å². The smallest absolute Gasteiger partial charge is 0.146 e. The van der Waals surface area contributed by atoms with Crippen molar-refractivity contribution in [1.29, 1.82) is 0 Å². The Balaban J connectivity index is 2.00. The monoisotopic (exact) mass is 394 g/mol. The maximum absolute atomic E-state index is 11.1. The molecule has 0 amide bonds. The lowest BCUT2D eigenvalue weighted by Gasteiger charge is -2.12. The van der Waals surface area contributed by atoms with Crippen LogP contribution in [0.1, 0.15) is 17.4 Å². The first-order valence-electron chi connectivity index (χ1n) is 8.79. The fourth-order valence-corrected chi connectivity index (χ4v) is 3.47. The van der Waals surface area contributed by atoms with Crippen LogP contribution in [0.15, 0.2) is 71.1 Å². The zero-order chi connectivity index (χ0) is 19.7. The molecular formula is C23H19ClO4. The highest BCUT2D eigenvalue weighted by atomic mass is 35.5. The molecule has 0 radical (unpaired) electrons. The molecule has 4 nitrogen and oxygen atoms in total. The van der Waals surface area contributed by atoms with Crippen molar-refractivity contribution in [2.45, 2.75) is 6.10 Å². The lowest BCUT2D eigenvalue weighted by molar-refractivity contribution is 0.193. The van der Waals surface area contributed by atoms with Gasteiger partial charge < -0.3 is 19.0 Å². The molecule has 1 N–H and O–H groups in total. The number of ether oxygens (including phenoxy) is 2. The molecule has 0 aliphatic carbocycles. The van der Waals surface area contributed by atoms with Crippen LogP contribution in [0.5, 0.6) is 11.5 Å². The van der Waals surface area contributed by atoms with E-state index in [4.69, 9.17) is 25.5 Å². The summed E-state index contributed by atoms with van der Waals surface area (Å²) in [5.74, 6) is 1.67. The minimum atomic E-state index is -0.962. The third-order valence-electron chi connectivity index (χ3n) is 4.71. The molecule has 1 aromatic heterocycles. The molecule has 1 atom stereocenters. The fourth-order valence-electron chi connectivity index (χ4n) is 3.34. The standard InChI is InChI=1S/C23H19ClO4/c1-26-17-12-18(27-2)21-19(13-17)28-23(20(21)14-6-4-3-5-7-14)22(25)15-8-10-16(24)11-9-15/h3-13,22,25H,1-2H3. The van der Waals surface area contributed by atoms with E-state index in [-0.39, 0.29) is 0 Å². The largest absolute Gasteiger partial charge is 0.496 e. The van der Waals surface area contributed by atoms with Crippen LogP contribution in [-0.4, -0.2) is 19.3 Å². The van der Waals surface area contributed by atoms with Crippen molar-refractivity contribution >= 4 is 22.6 Å². The predicted molar refractivity (Wildman–Crippen MR) is 110 cm³/mol. The highest BCUT2D eigenvalue weighted by molar-refractivity contribution is 6.30. The minimum absolute atomic E-state index is 0.440. The van der Waals surface area contributed by atoms with Crippen molar-refractivity contribution in [2.75, 3.05) is 14.2 Å². The molecular weight excluding hydrogens is 376 g/mol. The average molecular weight is 395 g/mol. The van der Waals surface area contributed by atoms with Gasteiger partial charge >= 0.3 is 0 Å². The molecule has 0 aliphatic heterocycles. The summed E-state index contributed by atoms with van der Waals surface area (Å²) < 4.78 is 17.1. The van der Waals surface area contributed by atoms with Crippen molar-refractivity contribution in [2.24, 2.45) is 0 Å². The molecule has 1 unspecified atom stereocenters. The summed E-state index contributed by atoms with van der Waals surface area (Å²) in [5, 5.41) is 12.5. The van der Waals surface area contributed by atoms with Crippen LogP contribution < -0.4 is 9.47 Å². The second kappa shape index (κ2) is 7.58. The average Bonchev–Trinajstić information content (AvgIpc) is 3.13. The molecule has 28 heavy (non-hydrogen) atoms. The Bertz CT molecular complexity index is 1100. The van der Waals surface area contributed by atoms with Crippen LogP contribution in [0, 0.1) is 0 Å². The van der Waals surface area contributed by atoms with E-state index < -0.39 is 6.10 Å². The Morgan fingerprint density at radius 3 is 2.29 bits per heavy atom. The van der Waals surface area contributed by atoms with E-state index in [9.17, 15) is 5.11 Å². The topological polar surface area (TPSA) is 51.8 Å². The molecule has 3 aromatic carbocycles. The van der Waals surface area contributed by atoms with E-state index >= 15 is 0 Å². The molecule has 0 saturated carbocycles. The van der Waals surface area contributed by atoms with E-state index in [2.05, 4.69) is 0 Å². The van der Waals surface area contributed by atoms with E-state index in [0.717, 1.165) is 16.5 Å². The summed E-state index contributed by atoms with van der Waals surface area (Å²) in [6.45, 7) is 0. The van der Waals surface area contributed by atoms with Gasteiger partial charge in [0.2, 0.25) is 0 Å². The molecule has 0 saturated heterocycles. The summed E-state index contributed by atoms with van der Waals surface area (Å²) in [7, 11) is 3.19. The lowest BCUT2D eigenvalue weighted by Crippen LogP contribution is -2.00. The maximum atomic E-state index is 11.1. The van der Waals surface area contributed by atoms with Crippen LogP contribution in [-0.2, 0) is 0 Å². The van der Waals surface area contributed by atoms with Gasteiger partial charge in [0, 0.05) is 22.7 Å². The zero-order valence-corrected chi connectivity index (χ0v) is 16.2. The van der Waals surface area contributed by atoms with Crippen LogP contribution in [0.3, 0.4) is 0 Å². The first-order chi connectivity index (χ1) is 13.6. The van der Waals surface area contributed by atoms with Gasteiger partial charge in [0.1, 0.15) is 28.9 Å². The third kappa shape index (κ3) is 3.21. The number of aliphatic hydroxyl groups is 1. The van der Waals surface area contributed by atoms with Gasteiger partial charge in [0.15, 0.2) is 0 Å². The molecule has 0 fully saturated rings. The number of fused-ring (bicyclic) bond motifs is 1. The van der Waals surface area contributed by atoms with Crippen LogP contribution in [0.2, 0.25) is 5.02 Å². The summed E-state index contributed by atoms with van der Waals surface area (Å²) >= 11 is 5.99. The van der Waals surface area contributed by atoms with Gasteiger partial charge in [-0.3, -0.25) is 0 Å². The van der Waals surface area contributed by atoms with Crippen molar-refractivity contribution < 1.29 is 19.0 Å². The Hall–Kier alpha value is -2.95. The number of furan rings is 1. The quantitative estimate of drug-likeness (QED) is 0.461. The second-order valence-corrected chi connectivity index (χ2v) is 6.80. The van der Waals surface area contributed by atoms with Gasteiger partial charge in [-0.2, -0.15) is 0 Å². The molecule has 1 heterocycles. The summed E-state index contributed by atoms with van der Waals surface area (Å²) in [6.07, 6.45) is -0.962. The molecule has 5 heteroatoms. The number of halogens is 1. The van der Waals surface area contributed by atoms with Crippen LogP contribution in [0.4, 0.5) is 0 Å². The zero-order valence-electron chi connectivity index (χ0n) is 15.5. The fraction of sp³-hybridized carbons (Fsp3) is 0.130. The van der Waals surface area contributed by atoms with Crippen LogP contribution >= 0.6 is 11.6 Å². The molecule has 0 aliphatic rings. The lowest BCUT2D eigenvalue weighted by atomic mass is 9.96. The van der Waals surface area contributed by atoms with Crippen molar-refractivity contribution in [1.82, 2.24) is 0 Å². The van der Waals surface area contributed by atoms with E-state index in [1.54, 1.807) is 44.6 Å². The minimum Gasteiger partial charge on any atom is -0.496 e. The van der Waals surface area contributed by atoms with Gasteiger partial charge in [-0.1, -0.05) is 54.1 Å². The number of hydrogen-bond acceptors (Lipinski definition) is 4. The highest BCUT2D eigenvalue weighted by Gasteiger charge is 2.26. The van der Waals surface area contributed by atoms with Crippen molar-refractivity contribution in [3.63, 3.8) is 0 Å². The summed E-state index contributed by atoms with van der Waals surface area (Å²) in [4.78, 5) is 0. The predicted octanol–water partition coefficient (Wildman–Crippen LogP) is 5.85. The van der Waals surface area contributed by atoms with Crippen LogP contribution in [0.25, 0.3) is 22.1 Å². The van der Waals surface area contributed by atoms with Gasteiger partial charge in [0.25, 0.3) is 0 Å². The first-order valence-corrected chi connectivity index (χ1v) is 9.17. The Morgan fingerprint density at radius 2 is 1.64 bits per heavy atom. The van der Waals surface area contributed by atoms with E-state index in [1.165, 1.54) is 0 Å². The normalized spacial score (nSPS) is 12.1. The third-order valence-corrected chi connectivity index (χ3v) is 4.96. The Labute approximate surface area is 167 Å².